The van der Waals surface area contributed by atoms with Crippen molar-refractivity contribution in [3.63, 3.8) is 0 Å². The number of rotatable bonds is 6. The normalized spacial score (nSPS) is 19.3. The van der Waals surface area contributed by atoms with Gasteiger partial charge in [0.25, 0.3) is 0 Å². The molecule has 1 aromatic carbocycles. The fourth-order valence-corrected chi connectivity index (χ4v) is 4.68. The van der Waals surface area contributed by atoms with Crippen LogP contribution in [0.15, 0.2) is 29.6 Å². The fourth-order valence-electron chi connectivity index (χ4n) is 4.08. The number of benzene rings is 1. The van der Waals surface area contributed by atoms with E-state index in [1.807, 2.05) is 25.1 Å². The standard InChI is InChI=1S/C22H30N4O2S/c1-17-23-20(16-29-17)15-25-8-6-18(7-9-25)22(27)24-21-5-3-2-4-19(21)14-26-10-12-28-13-11-26/h2-5,16,18H,6-15H2,1H3,(H,24,27). The van der Waals surface area contributed by atoms with Crippen LogP contribution in [-0.2, 0) is 22.6 Å². The number of thiazole rings is 1. The van der Waals surface area contributed by atoms with Crippen LogP contribution >= 0.6 is 11.3 Å². The van der Waals surface area contributed by atoms with Crippen molar-refractivity contribution in [3.8, 4) is 0 Å². The highest BCUT2D eigenvalue weighted by Crippen LogP contribution is 2.23. The van der Waals surface area contributed by atoms with Gasteiger partial charge in [-0.15, -0.1) is 11.3 Å². The topological polar surface area (TPSA) is 57.7 Å². The number of para-hydroxylation sites is 1. The molecule has 4 rings (SSSR count). The zero-order chi connectivity index (χ0) is 20.1. The van der Waals surface area contributed by atoms with Crippen molar-refractivity contribution < 1.29 is 9.53 Å². The summed E-state index contributed by atoms with van der Waals surface area (Å²) >= 11 is 1.70. The number of carbonyl (C=O) groups is 1. The van der Waals surface area contributed by atoms with Gasteiger partial charge in [-0.3, -0.25) is 14.6 Å². The van der Waals surface area contributed by atoms with E-state index in [1.165, 1.54) is 5.56 Å². The van der Waals surface area contributed by atoms with E-state index in [0.717, 1.165) is 81.7 Å². The second-order valence-electron chi connectivity index (χ2n) is 7.94. The molecule has 1 aromatic heterocycles. The Labute approximate surface area is 176 Å². The Morgan fingerprint density at radius 1 is 1.14 bits per heavy atom. The Bertz CT molecular complexity index is 811. The summed E-state index contributed by atoms with van der Waals surface area (Å²) in [5, 5.41) is 6.47. The van der Waals surface area contributed by atoms with Gasteiger partial charge in [-0.05, 0) is 44.5 Å². The zero-order valence-electron chi connectivity index (χ0n) is 17.1. The third-order valence-electron chi connectivity index (χ3n) is 5.78. The summed E-state index contributed by atoms with van der Waals surface area (Å²) in [5.74, 6) is 0.239. The molecule has 29 heavy (non-hydrogen) atoms. The van der Waals surface area contributed by atoms with E-state index in [2.05, 4.69) is 31.5 Å². The van der Waals surface area contributed by atoms with Gasteiger partial charge in [0.15, 0.2) is 0 Å². The number of nitrogens with one attached hydrogen (secondary N) is 1. The van der Waals surface area contributed by atoms with E-state index >= 15 is 0 Å². The molecule has 3 heterocycles. The second kappa shape index (κ2) is 9.80. The maximum Gasteiger partial charge on any atom is 0.227 e. The molecule has 6 nitrogen and oxygen atoms in total. The molecule has 0 radical (unpaired) electrons. The van der Waals surface area contributed by atoms with Crippen LogP contribution in [-0.4, -0.2) is 60.1 Å². The number of aryl methyl sites for hydroxylation is 1. The van der Waals surface area contributed by atoms with E-state index in [1.54, 1.807) is 11.3 Å². The molecule has 2 aliphatic heterocycles. The molecule has 156 valence electrons. The zero-order valence-corrected chi connectivity index (χ0v) is 17.9. The molecule has 2 fully saturated rings. The minimum absolute atomic E-state index is 0.0832. The van der Waals surface area contributed by atoms with E-state index in [-0.39, 0.29) is 11.8 Å². The summed E-state index contributed by atoms with van der Waals surface area (Å²) in [7, 11) is 0. The lowest BCUT2D eigenvalue weighted by Gasteiger charge is -2.31. The van der Waals surface area contributed by atoms with Crippen molar-refractivity contribution in [2.45, 2.75) is 32.9 Å². The summed E-state index contributed by atoms with van der Waals surface area (Å²) in [6.45, 7) is 9.14. The highest BCUT2D eigenvalue weighted by atomic mass is 32.1. The second-order valence-corrected chi connectivity index (χ2v) is 9.01. The van der Waals surface area contributed by atoms with Crippen LogP contribution in [0.3, 0.4) is 0 Å². The monoisotopic (exact) mass is 414 g/mol. The number of likely N-dealkylation sites (tertiary alicyclic amines) is 1. The third-order valence-corrected chi connectivity index (χ3v) is 6.61. The molecule has 7 heteroatoms. The van der Waals surface area contributed by atoms with Crippen molar-refractivity contribution >= 4 is 22.9 Å². The number of aromatic nitrogens is 1. The number of morpholine rings is 1. The first-order valence-corrected chi connectivity index (χ1v) is 11.4. The lowest BCUT2D eigenvalue weighted by Crippen LogP contribution is -2.38. The van der Waals surface area contributed by atoms with Gasteiger partial charge in [0, 0.05) is 43.2 Å². The number of piperidine rings is 1. The van der Waals surface area contributed by atoms with Crippen LogP contribution in [0.5, 0.6) is 0 Å². The number of hydrogen-bond acceptors (Lipinski definition) is 6. The molecule has 2 saturated heterocycles. The van der Waals surface area contributed by atoms with E-state index < -0.39 is 0 Å². The first-order chi connectivity index (χ1) is 14.2. The molecule has 0 saturated carbocycles. The smallest absolute Gasteiger partial charge is 0.227 e. The minimum atomic E-state index is 0.0832. The predicted octanol–water partition coefficient (Wildman–Crippen LogP) is 3.13. The summed E-state index contributed by atoms with van der Waals surface area (Å²) < 4.78 is 5.44. The molecule has 0 bridgehead atoms. The fraction of sp³-hybridized carbons (Fsp3) is 0.545. The molecule has 2 aliphatic rings. The lowest BCUT2D eigenvalue weighted by molar-refractivity contribution is -0.121. The number of carbonyl (C=O) groups excluding carboxylic acids is 1. The first kappa shape index (κ1) is 20.5. The van der Waals surface area contributed by atoms with Crippen LogP contribution in [0.1, 0.15) is 29.1 Å². The Morgan fingerprint density at radius 3 is 2.59 bits per heavy atom. The molecule has 0 spiro atoms. The van der Waals surface area contributed by atoms with Crippen molar-refractivity contribution in [2.24, 2.45) is 5.92 Å². The summed E-state index contributed by atoms with van der Waals surface area (Å²) in [5.41, 5.74) is 3.27. The summed E-state index contributed by atoms with van der Waals surface area (Å²) in [6, 6.07) is 8.18. The Balaban J connectivity index is 1.29. The van der Waals surface area contributed by atoms with Gasteiger partial charge < -0.3 is 10.1 Å². The van der Waals surface area contributed by atoms with E-state index in [4.69, 9.17) is 4.74 Å². The Kier molecular flexibility index (Phi) is 6.92. The van der Waals surface area contributed by atoms with Crippen LogP contribution in [0.25, 0.3) is 0 Å². The number of amides is 1. The van der Waals surface area contributed by atoms with E-state index in [0.29, 0.717) is 0 Å². The molecule has 0 aliphatic carbocycles. The van der Waals surface area contributed by atoms with Crippen LogP contribution in [0.4, 0.5) is 5.69 Å². The van der Waals surface area contributed by atoms with Gasteiger partial charge in [-0.25, -0.2) is 4.98 Å². The molecular weight excluding hydrogens is 384 g/mol. The predicted molar refractivity (Wildman–Crippen MR) is 116 cm³/mol. The van der Waals surface area contributed by atoms with Crippen LogP contribution < -0.4 is 5.32 Å². The van der Waals surface area contributed by atoms with Gasteiger partial charge in [-0.2, -0.15) is 0 Å². The quantitative estimate of drug-likeness (QED) is 0.787. The van der Waals surface area contributed by atoms with E-state index in [9.17, 15) is 4.79 Å². The van der Waals surface area contributed by atoms with Crippen molar-refractivity contribution in [3.05, 3.63) is 45.9 Å². The summed E-state index contributed by atoms with van der Waals surface area (Å²) in [6.07, 6.45) is 1.81. The molecule has 1 amide bonds. The Morgan fingerprint density at radius 2 is 1.86 bits per heavy atom. The van der Waals surface area contributed by atoms with Gasteiger partial charge in [-0.1, -0.05) is 18.2 Å². The number of hydrogen-bond donors (Lipinski definition) is 1. The van der Waals surface area contributed by atoms with Gasteiger partial charge in [0.05, 0.1) is 23.9 Å². The third kappa shape index (κ3) is 5.63. The SMILES string of the molecule is Cc1nc(CN2CCC(C(=O)Nc3ccccc3CN3CCOCC3)CC2)cs1. The minimum Gasteiger partial charge on any atom is -0.379 e. The molecule has 0 atom stereocenters. The summed E-state index contributed by atoms with van der Waals surface area (Å²) in [4.78, 5) is 22.3. The average Bonchev–Trinajstić information content (AvgIpc) is 3.15. The van der Waals surface area contributed by atoms with Crippen LogP contribution in [0.2, 0.25) is 0 Å². The molecule has 2 aromatic rings. The largest absolute Gasteiger partial charge is 0.379 e. The molecule has 0 unspecified atom stereocenters. The first-order valence-electron chi connectivity index (χ1n) is 10.5. The number of nitrogens with zero attached hydrogens (tertiary/aromatic N) is 3. The van der Waals surface area contributed by atoms with Gasteiger partial charge in [0.1, 0.15) is 0 Å². The number of ether oxygens (including phenoxy) is 1. The maximum atomic E-state index is 12.9. The van der Waals surface area contributed by atoms with Crippen LogP contribution in [0, 0.1) is 12.8 Å². The lowest BCUT2D eigenvalue weighted by atomic mass is 9.95. The highest BCUT2D eigenvalue weighted by molar-refractivity contribution is 7.09. The number of anilines is 1. The molecule has 1 N–H and O–H groups in total. The van der Waals surface area contributed by atoms with Gasteiger partial charge >= 0.3 is 0 Å². The Hall–Kier alpha value is -1.80. The van der Waals surface area contributed by atoms with Crippen molar-refractivity contribution in [2.75, 3.05) is 44.7 Å². The van der Waals surface area contributed by atoms with Crippen molar-refractivity contribution in [1.29, 1.82) is 0 Å². The molecular formula is C22H30N4O2S. The van der Waals surface area contributed by atoms with Gasteiger partial charge in [0.2, 0.25) is 5.91 Å². The average molecular weight is 415 g/mol. The maximum absolute atomic E-state index is 12.9. The highest BCUT2D eigenvalue weighted by Gasteiger charge is 2.26. The van der Waals surface area contributed by atoms with Crippen molar-refractivity contribution in [1.82, 2.24) is 14.8 Å².